The number of amides is 1. The van der Waals surface area contributed by atoms with Gasteiger partial charge < -0.3 is 5.32 Å². The highest BCUT2D eigenvalue weighted by Crippen LogP contribution is 2.09. The smallest absolute Gasteiger partial charge is 0.254 e. The second kappa shape index (κ2) is 5.45. The molecule has 2 nitrogen and oxygen atoms in total. The van der Waals surface area contributed by atoms with Gasteiger partial charge in [-0.15, -0.1) is 0 Å². The van der Waals surface area contributed by atoms with E-state index in [1.165, 1.54) is 12.1 Å². The van der Waals surface area contributed by atoms with E-state index >= 15 is 0 Å². The van der Waals surface area contributed by atoms with Crippen molar-refractivity contribution in [2.75, 3.05) is 6.54 Å². The van der Waals surface area contributed by atoms with E-state index in [4.69, 9.17) is 0 Å². The lowest BCUT2D eigenvalue weighted by atomic mass is 10.1. The summed E-state index contributed by atoms with van der Waals surface area (Å²) in [5, 5.41) is 2.64. The number of benzene rings is 1. The van der Waals surface area contributed by atoms with Crippen molar-refractivity contribution < 1.29 is 9.18 Å². The monoisotopic (exact) mass is 221 g/mol. The first-order valence-electron chi connectivity index (χ1n) is 5.18. The van der Waals surface area contributed by atoms with Gasteiger partial charge in [-0.25, -0.2) is 4.39 Å². The number of nitrogens with one attached hydrogen (secondary N) is 1. The average molecular weight is 221 g/mol. The summed E-state index contributed by atoms with van der Waals surface area (Å²) in [6.45, 7) is 6.10. The Bertz CT molecular complexity index is 420. The molecule has 0 fully saturated rings. The predicted molar refractivity (Wildman–Crippen MR) is 62.9 cm³/mol. The molecule has 0 aliphatic rings. The molecule has 1 rings (SSSR count). The maximum Gasteiger partial charge on any atom is 0.254 e. The number of hydrogen-bond donors (Lipinski definition) is 1. The summed E-state index contributed by atoms with van der Waals surface area (Å²) in [7, 11) is 0. The molecule has 3 heteroatoms. The largest absolute Gasteiger partial charge is 0.348 e. The van der Waals surface area contributed by atoms with Gasteiger partial charge in [-0.3, -0.25) is 4.79 Å². The van der Waals surface area contributed by atoms with Gasteiger partial charge in [-0.1, -0.05) is 17.7 Å². The Kier molecular flexibility index (Phi) is 4.23. The van der Waals surface area contributed by atoms with Gasteiger partial charge >= 0.3 is 0 Å². The zero-order chi connectivity index (χ0) is 12.1. The third-order valence-electron chi connectivity index (χ3n) is 2.14. The van der Waals surface area contributed by atoms with Crippen LogP contribution in [0.3, 0.4) is 0 Å². The Labute approximate surface area is 95.2 Å². The fourth-order valence-electron chi connectivity index (χ4n) is 1.25. The summed E-state index contributed by atoms with van der Waals surface area (Å²) >= 11 is 0. The molecule has 1 aromatic rings. The topological polar surface area (TPSA) is 29.1 Å². The van der Waals surface area contributed by atoms with E-state index in [1.807, 2.05) is 19.9 Å². The zero-order valence-electron chi connectivity index (χ0n) is 9.80. The fraction of sp³-hybridized carbons (Fsp3) is 0.308. The first-order chi connectivity index (χ1) is 7.50. The van der Waals surface area contributed by atoms with Crippen LogP contribution in [0.4, 0.5) is 4.39 Å². The van der Waals surface area contributed by atoms with Crippen LogP contribution in [-0.2, 0) is 0 Å². The van der Waals surface area contributed by atoms with Crippen LogP contribution in [0.25, 0.3) is 0 Å². The van der Waals surface area contributed by atoms with Gasteiger partial charge in [0.25, 0.3) is 5.91 Å². The lowest BCUT2D eigenvalue weighted by Gasteiger charge is -2.04. The molecule has 86 valence electrons. The van der Waals surface area contributed by atoms with E-state index in [2.05, 4.69) is 5.32 Å². The molecule has 0 radical (unpaired) electrons. The van der Waals surface area contributed by atoms with E-state index in [0.717, 1.165) is 11.1 Å². The van der Waals surface area contributed by atoms with Gasteiger partial charge in [0.15, 0.2) is 0 Å². The molecular formula is C13H16FNO. The van der Waals surface area contributed by atoms with Crippen LogP contribution in [0.1, 0.15) is 29.8 Å². The highest BCUT2D eigenvalue weighted by molar-refractivity contribution is 5.94. The lowest BCUT2D eigenvalue weighted by Crippen LogP contribution is -2.24. The van der Waals surface area contributed by atoms with Crippen molar-refractivity contribution in [3.63, 3.8) is 0 Å². The number of aryl methyl sites for hydroxylation is 1. The zero-order valence-corrected chi connectivity index (χ0v) is 9.80. The molecule has 0 unspecified atom stereocenters. The van der Waals surface area contributed by atoms with Gasteiger partial charge in [0.1, 0.15) is 5.82 Å². The first-order valence-corrected chi connectivity index (χ1v) is 5.18. The highest BCUT2D eigenvalue weighted by Gasteiger charge is 2.09. The number of hydrogen-bond acceptors (Lipinski definition) is 1. The standard InChI is InChI=1S/C13H16FNO/c1-9(2)6-7-15-13(16)11-5-4-10(3)8-12(11)14/h4-6,8H,7H2,1-3H3,(H,15,16). The summed E-state index contributed by atoms with van der Waals surface area (Å²) in [6.07, 6.45) is 1.88. The second-order valence-corrected chi connectivity index (χ2v) is 3.97. The molecule has 0 saturated carbocycles. The minimum absolute atomic E-state index is 0.0905. The van der Waals surface area contributed by atoms with Crippen molar-refractivity contribution in [3.05, 3.63) is 46.8 Å². The summed E-state index contributed by atoms with van der Waals surface area (Å²) in [5.74, 6) is -0.857. The SMILES string of the molecule is CC(C)=CCNC(=O)c1ccc(C)cc1F. The molecule has 1 N–H and O–H groups in total. The van der Waals surface area contributed by atoms with Gasteiger partial charge in [0.05, 0.1) is 5.56 Å². The maximum absolute atomic E-state index is 13.4. The van der Waals surface area contributed by atoms with Crippen molar-refractivity contribution in [3.8, 4) is 0 Å². The van der Waals surface area contributed by atoms with E-state index in [0.29, 0.717) is 6.54 Å². The molecule has 0 bridgehead atoms. The molecule has 16 heavy (non-hydrogen) atoms. The van der Waals surface area contributed by atoms with Gasteiger partial charge in [-0.05, 0) is 38.5 Å². The Hall–Kier alpha value is -1.64. The Morgan fingerprint density at radius 3 is 2.69 bits per heavy atom. The van der Waals surface area contributed by atoms with Crippen LogP contribution in [0, 0.1) is 12.7 Å². The van der Waals surface area contributed by atoms with Gasteiger partial charge in [0, 0.05) is 6.54 Å². The average Bonchev–Trinajstić information content (AvgIpc) is 2.16. The van der Waals surface area contributed by atoms with Crippen molar-refractivity contribution in [1.29, 1.82) is 0 Å². The van der Waals surface area contributed by atoms with Crippen LogP contribution in [-0.4, -0.2) is 12.5 Å². The van der Waals surface area contributed by atoms with Crippen LogP contribution < -0.4 is 5.32 Å². The van der Waals surface area contributed by atoms with E-state index in [-0.39, 0.29) is 11.5 Å². The van der Waals surface area contributed by atoms with Crippen molar-refractivity contribution in [2.45, 2.75) is 20.8 Å². The van der Waals surface area contributed by atoms with E-state index in [9.17, 15) is 9.18 Å². The first kappa shape index (κ1) is 12.4. The van der Waals surface area contributed by atoms with E-state index < -0.39 is 5.82 Å². The number of carbonyl (C=O) groups excluding carboxylic acids is 1. The molecule has 0 heterocycles. The Balaban J connectivity index is 2.70. The number of halogens is 1. The van der Waals surface area contributed by atoms with Gasteiger partial charge in [0.2, 0.25) is 0 Å². The van der Waals surface area contributed by atoms with Crippen LogP contribution in [0.5, 0.6) is 0 Å². The maximum atomic E-state index is 13.4. The molecule has 1 amide bonds. The fourth-order valence-corrected chi connectivity index (χ4v) is 1.25. The minimum atomic E-state index is -0.477. The highest BCUT2D eigenvalue weighted by atomic mass is 19.1. The second-order valence-electron chi connectivity index (χ2n) is 3.97. The minimum Gasteiger partial charge on any atom is -0.348 e. The summed E-state index contributed by atoms with van der Waals surface area (Å²) in [6, 6.07) is 4.58. The molecule has 0 spiro atoms. The third kappa shape index (κ3) is 3.50. The predicted octanol–water partition coefficient (Wildman–Crippen LogP) is 2.83. The molecule has 0 atom stereocenters. The lowest BCUT2D eigenvalue weighted by molar-refractivity contribution is 0.0954. The van der Waals surface area contributed by atoms with Crippen molar-refractivity contribution in [1.82, 2.24) is 5.32 Å². The molecular weight excluding hydrogens is 205 g/mol. The third-order valence-corrected chi connectivity index (χ3v) is 2.14. The number of allylic oxidation sites excluding steroid dienone is 1. The summed E-state index contributed by atoms with van der Waals surface area (Å²) in [4.78, 5) is 11.6. The van der Waals surface area contributed by atoms with Crippen molar-refractivity contribution >= 4 is 5.91 Å². The number of carbonyl (C=O) groups is 1. The molecule has 0 saturated heterocycles. The molecule has 0 aliphatic carbocycles. The van der Waals surface area contributed by atoms with Crippen LogP contribution in [0.2, 0.25) is 0 Å². The normalized spacial score (nSPS) is 9.75. The Morgan fingerprint density at radius 1 is 1.44 bits per heavy atom. The number of rotatable bonds is 3. The van der Waals surface area contributed by atoms with E-state index in [1.54, 1.807) is 13.0 Å². The van der Waals surface area contributed by atoms with Crippen LogP contribution >= 0.6 is 0 Å². The van der Waals surface area contributed by atoms with Crippen LogP contribution in [0.15, 0.2) is 29.8 Å². The molecule has 0 aromatic heterocycles. The Morgan fingerprint density at radius 2 is 2.12 bits per heavy atom. The molecule has 1 aromatic carbocycles. The van der Waals surface area contributed by atoms with Gasteiger partial charge in [-0.2, -0.15) is 0 Å². The summed E-state index contributed by atoms with van der Waals surface area (Å²) < 4.78 is 13.4. The summed E-state index contributed by atoms with van der Waals surface area (Å²) in [5.41, 5.74) is 2.01. The molecule has 0 aliphatic heterocycles. The van der Waals surface area contributed by atoms with Crippen molar-refractivity contribution in [2.24, 2.45) is 0 Å². The quantitative estimate of drug-likeness (QED) is 0.781.